The summed E-state index contributed by atoms with van der Waals surface area (Å²) < 4.78 is 1.91. The van der Waals surface area contributed by atoms with Crippen molar-refractivity contribution in [3.05, 3.63) is 54.5 Å². The first kappa shape index (κ1) is 16.4. The van der Waals surface area contributed by atoms with Crippen molar-refractivity contribution in [1.29, 1.82) is 0 Å². The van der Waals surface area contributed by atoms with E-state index in [1.54, 1.807) is 12.5 Å². The molecule has 0 N–H and O–H groups in total. The van der Waals surface area contributed by atoms with Crippen molar-refractivity contribution < 1.29 is 4.57 Å². The second kappa shape index (κ2) is 6.37. The Morgan fingerprint density at radius 2 is 1.65 bits per heavy atom. The number of pyridine rings is 2. The number of rotatable bonds is 3. The Balaban J connectivity index is 1.92. The minimum atomic E-state index is 0.255. The van der Waals surface area contributed by atoms with Crippen molar-refractivity contribution in [3.8, 4) is 5.95 Å². The second-order valence-electron chi connectivity index (χ2n) is 7.00. The number of aromatic nitrogens is 6. The second-order valence-corrected chi connectivity index (χ2v) is 7.00. The Morgan fingerprint density at radius 1 is 0.846 bits per heavy atom. The number of nitrogens with zero attached hydrogens (tertiary/aromatic N) is 6. The van der Waals surface area contributed by atoms with Crippen molar-refractivity contribution in [2.45, 2.75) is 39.5 Å². The molecular formula is C20H21N6+. The Hall–Kier alpha value is -3.02. The molecule has 0 bridgehead atoms. The van der Waals surface area contributed by atoms with Gasteiger partial charge in [-0.1, -0.05) is 37.7 Å². The molecule has 0 aliphatic heterocycles. The van der Waals surface area contributed by atoms with Crippen LogP contribution in [0.4, 0.5) is 0 Å². The average Bonchev–Trinajstić information content (AvgIpc) is 2.65. The molecule has 0 aromatic carbocycles. The zero-order chi connectivity index (χ0) is 18.3. The fraction of sp³-hybridized carbons (Fsp3) is 0.300. The van der Waals surface area contributed by atoms with Crippen LogP contribution in [0, 0.1) is 0 Å². The van der Waals surface area contributed by atoms with Gasteiger partial charge in [0.25, 0.3) is 0 Å². The lowest BCUT2D eigenvalue weighted by atomic mass is 10.1. The highest BCUT2D eigenvalue weighted by Gasteiger charge is 2.21. The first-order valence-corrected chi connectivity index (χ1v) is 8.83. The molecule has 0 fully saturated rings. The number of hydrogen-bond donors (Lipinski definition) is 0. The molecule has 4 heterocycles. The lowest BCUT2D eigenvalue weighted by Gasteiger charge is -2.08. The maximum absolute atomic E-state index is 4.78. The third-order valence-corrected chi connectivity index (χ3v) is 4.40. The third-order valence-electron chi connectivity index (χ3n) is 4.40. The van der Waals surface area contributed by atoms with Crippen molar-refractivity contribution >= 4 is 21.9 Å². The van der Waals surface area contributed by atoms with Crippen LogP contribution >= 0.6 is 0 Å². The third kappa shape index (κ3) is 2.77. The van der Waals surface area contributed by atoms with Crippen LogP contribution in [0.5, 0.6) is 0 Å². The molecule has 0 aliphatic carbocycles. The van der Waals surface area contributed by atoms with E-state index in [1.165, 1.54) is 0 Å². The van der Waals surface area contributed by atoms with Crippen molar-refractivity contribution in [3.63, 3.8) is 0 Å². The van der Waals surface area contributed by atoms with E-state index < -0.39 is 0 Å². The molecule has 0 unspecified atom stereocenters. The Kier molecular flexibility index (Phi) is 4.03. The number of fused-ring (bicyclic) bond motifs is 2. The molecule has 0 atom stereocenters. The van der Waals surface area contributed by atoms with Gasteiger partial charge in [-0.25, -0.2) is 19.5 Å². The van der Waals surface area contributed by atoms with Crippen LogP contribution in [0.3, 0.4) is 0 Å². The van der Waals surface area contributed by atoms with E-state index in [1.807, 2.05) is 35.2 Å². The molecule has 0 saturated heterocycles. The summed E-state index contributed by atoms with van der Waals surface area (Å²) in [5.74, 6) is 1.22. The molecule has 0 saturated carbocycles. The molecule has 0 aliphatic rings. The zero-order valence-electron chi connectivity index (χ0n) is 15.4. The van der Waals surface area contributed by atoms with Crippen LogP contribution < -0.4 is 4.57 Å². The predicted octanol–water partition coefficient (Wildman–Crippen LogP) is 3.49. The summed E-state index contributed by atoms with van der Waals surface area (Å²) in [6, 6.07) is 5.91. The fourth-order valence-electron chi connectivity index (χ4n) is 3.11. The van der Waals surface area contributed by atoms with Gasteiger partial charge in [-0.2, -0.15) is 0 Å². The van der Waals surface area contributed by atoms with Crippen LogP contribution in [-0.4, -0.2) is 24.9 Å². The van der Waals surface area contributed by atoms with Gasteiger partial charge in [0.2, 0.25) is 0 Å². The van der Waals surface area contributed by atoms with Gasteiger partial charge in [-0.3, -0.25) is 0 Å². The smallest absolute Gasteiger partial charge is 0.250 e. The van der Waals surface area contributed by atoms with Crippen molar-refractivity contribution in [2.75, 3.05) is 0 Å². The van der Waals surface area contributed by atoms with Gasteiger partial charge >= 0.3 is 5.95 Å². The highest BCUT2D eigenvalue weighted by molar-refractivity contribution is 5.79. The van der Waals surface area contributed by atoms with Gasteiger partial charge in [0, 0.05) is 17.5 Å². The van der Waals surface area contributed by atoms with Crippen LogP contribution in [0.1, 0.15) is 50.9 Å². The first-order valence-electron chi connectivity index (χ1n) is 8.83. The van der Waals surface area contributed by atoms with Crippen molar-refractivity contribution in [1.82, 2.24) is 24.9 Å². The summed E-state index contributed by atoms with van der Waals surface area (Å²) in [4.78, 5) is 22.8. The molecule has 4 rings (SSSR count). The molecule has 0 radical (unpaired) electrons. The van der Waals surface area contributed by atoms with E-state index in [9.17, 15) is 0 Å². The van der Waals surface area contributed by atoms with E-state index in [0.29, 0.717) is 11.9 Å². The average molecular weight is 345 g/mol. The molecule has 4 aromatic rings. The highest BCUT2D eigenvalue weighted by Crippen LogP contribution is 2.22. The molecule has 130 valence electrons. The topological polar surface area (TPSA) is 68.3 Å². The SMILES string of the molecule is CC(C)c1ncnc2c[n+](-c3nc(C(C)C)c4ncccc4n3)ccc12. The molecule has 0 spiro atoms. The molecule has 26 heavy (non-hydrogen) atoms. The summed E-state index contributed by atoms with van der Waals surface area (Å²) in [6.07, 6.45) is 7.33. The summed E-state index contributed by atoms with van der Waals surface area (Å²) in [5, 5.41) is 1.06. The van der Waals surface area contributed by atoms with Gasteiger partial charge in [0.15, 0.2) is 11.2 Å². The Labute approximate surface area is 152 Å². The minimum absolute atomic E-state index is 0.255. The quantitative estimate of drug-likeness (QED) is 0.532. The van der Waals surface area contributed by atoms with E-state index in [0.717, 1.165) is 33.3 Å². The number of hydrogen-bond acceptors (Lipinski definition) is 5. The van der Waals surface area contributed by atoms with E-state index in [4.69, 9.17) is 9.97 Å². The summed E-state index contributed by atoms with van der Waals surface area (Å²) >= 11 is 0. The van der Waals surface area contributed by atoms with Crippen LogP contribution in [0.2, 0.25) is 0 Å². The maximum atomic E-state index is 4.78. The standard InChI is InChI=1S/C20H21N6/c1-12(2)17-14-7-9-26(10-16(14)22-11-23-17)20-24-15-6-5-8-21-19(15)18(25-20)13(3)4/h5-13H,1-4H3/q+1. The van der Waals surface area contributed by atoms with Gasteiger partial charge in [-0.15, -0.1) is 0 Å². The van der Waals surface area contributed by atoms with Gasteiger partial charge in [-0.05, 0) is 24.1 Å². The molecule has 6 heteroatoms. The van der Waals surface area contributed by atoms with Crippen molar-refractivity contribution in [2.24, 2.45) is 0 Å². The van der Waals surface area contributed by atoms with Gasteiger partial charge < -0.3 is 0 Å². The van der Waals surface area contributed by atoms with Crippen LogP contribution in [-0.2, 0) is 0 Å². The molecule has 4 aromatic heterocycles. The molecule has 0 amide bonds. The zero-order valence-corrected chi connectivity index (χ0v) is 15.4. The summed E-state index contributed by atoms with van der Waals surface area (Å²) in [7, 11) is 0. The van der Waals surface area contributed by atoms with Crippen LogP contribution in [0.25, 0.3) is 27.9 Å². The minimum Gasteiger partial charge on any atom is -0.250 e. The summed E-state index contributed by atoms with van der Waals surface area (Å²) in [5.41, 5.74) is 4.58. The monoisotopic (exact) mass is 345 g/mol. The normalized spacial score (nSPS) is 11.8. The fourth-order valence-corrected chi connectivity index (χ4v) is 3.11. The Bertz CT molecular complexity index is 1100. The first-order chi connectivity index (χ1) is 12.5. The predicted molar refractivity (Wildman–Crippen MR) is 100 cm³/mol. The lowest BCUT2D eigenvalue weighted by Crippen LogP contribution is -2.33. The molecular weight excluding hydrogens is 324 g/mol. The van der Waals surface area contributed by atoms with E-state index >= 15 is 0 Å². The van der Waals surface area contributed by atoms with Crippen LogP contribution in [0.15, 0.2) is 43.1 Å². The Morgan fingerprint density at radius 3 is 2.42 bits per heavy atom. The van der Waals surface area contributed by atoms with E-state index in [-0.39, 0.29) is 5.92 Å². The lowest BCUT2D eigenvalue weighted by molar-refractivity contribution is -0.602. The highest BCUT2D eigenvalue weighted by atomic mass is 15.1. The maximum Gasteiger partial charge on any atom is 0.438 e. The molecule has 6 nitrogen and oxygen atoms in total. The van der Waals surface area contributed by atoms with E-state index in [2.05, 4.69) is 42.6 Å². The van der Waals surface area contributed by atoms with Gasteiger partial charge in [0.05, 0.1) is 18.1 Å². The van der Waals surface area contributed by atoms with Gasteiger partial charge in [0.1, 0.15) is 17.4 Å². The largest absolute Gasteiger partial charge is 0.438 e. The summed E-state index contributed by atoms with van der Waals surface area (Å²) in [6.45, 7) is 8.51.